The van der Waals surface area contributed by atoms with Crippen molar-refractivity contribution >= 4 is 15.9 Å². The van der Waals surface area contributed by atoms with E-state index in [-0.39, 0.29) is 5.82 Å². The van der Waals surface area contributed by atoms with E-state index in [2.05, 4.69) is 20.9 Å². The van der Waals surface area contributed by atoms with Gasteiger partial charge >= 0.3 is 0 Å². The third kappa shape index (κ3) is 1.62. The molecule has 4 heteroatoms. The van der Waals surface area contributed by atoms with Gasteiger partial charge < -0.3 is 4.42 Å². The number of hydrogen-bond acceptors (Lipinski definition) is 2. The van der Waals surface area contributed by atoms with Crippen LogP contribution in [-0.4, -0.2) is 4.98 Å². The van der Waals surface area contributed by atoms with Crippen LogP contribution in [0.3, 0.4) is 0 Å². The fourth-order valence-corrected chi connectivity index (χ4v) is 1.35. The van der Waals surface area contributed by atoms with Gasteiger partial charge in [0.25, 0.3) is 0 Å². The van der Waals surface area contributed by atoms with Gasteiger partial charge in [0, 0.05) is 4.47 Å². The molecule has 0 radical (unpaired) electrons. The number of nitrogens with zero attached hydrogens (tertiary/aromatic N) is 1. The Labute approximate surface area is 82.5 Å². The van der Waals surface area contributed by atoms with Crippen molar-refractivity contribution in [2.45, 2.75) is 0 Å². The lowest BCUT2D eigenvalue weighted by molar-refractivity contribution is 0.562. The van der Waals surface area contributed by atoms with Crippen molar-refractivity contribution in [3.05, 3.63) is 40.9 Å². The van der Waals surface area contributed by atoms with Crippen LogP contribution in [-0.2, 0) is 0 Å². The third-order valence-electron chi connectivity index (χ3n) is 1.59. The van der Waals surface area contributed by atoms with Crippen molar-refractivity contribution in [1.29, 1.82) is 0 Å². The first-order valence-corrected chi connectivity index (χ1v) is 4.41. The van der Waals surface area contributed by atoms with Gasteiger partial charge in [0.1, 0.15) is 12.1 Å². The topological polar surface area (TPSA) is 26.0 Å². The molecule has 2 rings (SSSR count). The van der Waals surface area contributed by atoms with Crippen molar-refractivity contribution in [2.24, 2.45) is 0 Å². The molecule has 0 fully saturated rings. The maximum Gasteiger partial charge on any atom is 0.228 e. The van der Waals surface area contributed by atoms with E-state index < -0.39 is 0 Å². The van der Waals surface area contributed by atoms with Crippen LogP contribution in [0.25, 0.3) is 11.5 Å². The lowest BCUT2D eigenvalue weighted by atomic mass is 10.2. The highest BCUT2D eigenvalue weighted by Gasteiger charge is 2.08. The molecular formula is C9H5BrFNO. The van der Waals surface area contributed by atoms with Gasteiger partial charge in [-0.3, -0.25) is 0 Å². The predicted molar refractivity (Wildman–Crippen MR) is 49.6 cm³/mol. The molecule has 0 unspecified atom stereocenters. The zero-order valence-corrected chi connectivity index (χ0v) is 8.08. The van der Waals surface area contributed by atoms with Crippen molar-refractivity contribution in [3.8, 4) is 11.5 Å². The second-order valence-electron chi connectivity index (χ2n) is 2.46. The normalized spacial score (nSPS) is 10.3. The van der Waals surface area contributed by atoms with Gasteiger partial charge in [0.2, 0.25) is 5.89 Å². The van der Waals surface area contributed by atoms with Crippen LogP contribution in [0.2, 0.25) is 0 Å². The van der Waals surface area contributed by atoms with Crippen molar-refractivity contribution in [3.63, 3.8) is 0 Å². The first kappa shape index (κ1) is 8.44. The van der Waals surface area contributed by atoms with E-state index in [1.165, 1.54) is 18.5 Å². The largest absolute Gasteiger partial charge is 0.444 e. The second-order valence-corrected chi connectivity index (χ2v) is 3.38. The zero-order valence-electron chi connectivity index (χ0n) is 6.50. The Morgan fingerprint density at radius 2 is 2.23 bits per heavy atom. The quantitative estimate of drug-likeness (QED) is 0.767. The van der Waals surface area contributed by atoms with E-state index >= 15 is 0 Å². The fourth-order valence-electron chi connectivity index (χ4n) is 1.02. The van der Waals surface area contributed by atoms with Crippen molar-refractivity contribution < 1.29 is 8.81 Å². The summed E-state index contributed by atoms with van der Waals surface area (Å²) in [5, 5.41) is 0. The van der Waals surface area contributed by atoms with Crippen LogP contribution in [0.4, 0.5) is 4.39 Å². The average molecular weight is 242 g/mol. The summed E-state index contributed by atoms with van der Waals surface area (Å²) in [5.74, 6) is -0.0539. The minimum atomic E-state index is -0.350. The fraction of sp³-hybridized carbons (Fsp3) is 0. The number of halogens is 2. The number of hydrogen-bond donors (Lipinski definition) is 0. The highest BCUT2D eigenvalue weighted by Crippen LogP contribution is 2.23. The van der Waals surface area contributed by atoms with Crippen LogP contribution < -0.4 is 0 Å². The lowest BCUT2D eigenvalue weighted by Crippen LogP contribution is -1.83. The summed E-state index contributed by atoms with van der Waals surface area (Å²) in [6.45, 7) is 0. The van der Waals surface area contributed by atoms with Gasteiger partial charge in [-0.15, -0.1) is 0 Å². The molecule has 0 bridgehead atoms. The molecule has 2 nitrogen and oxygen atoms in total. The number of oxazole rings is 1. The third-order valence-corrected chi connectivity index (χ3v) is 2.09. The smallest absolute Gasteiger partial charge is 0.228 e. The van der Waals surface area contributed by atoms with Gasteiger partial charge in [0.05, 0.1) is 11.8 Å². The van der Waals surface area contributed by atoms with Crippen LogP contribution in [0.5, 0.6) is 0 Å². The summed E-state index contributed by atoms with van der Waals surface area (Å²) >= 11 is 3.17. The van der Waals surface area contributed by atoms with Crippen LogP contribution in [0.15, 0.2) is 39.5 Å². The molecular weight excluding hydrogens is 237 g/mol. The van der Waals surface area contributed by atoms with Crippen molar-refractivity contribution in [2.75, 3.05) is 0 Å². The summed E-state index contributed by atoms with van der Waals surface area (Å²) in [4.78, 5) is 3.86. The lowest BCUT2D eigenvalue weighted by Gasteiger charge is -1.97. The SMILES string of the molecule is Fc1cc(Br)ccc1-c1ncco1. The standard InChI is InChI=1S/C9H5BrFNO/c10-6-1-2-7(8(11)5-6)9-12-3-4-13-9/h1-5H. The van der Waals surface area contributed by atoms with Gasteiger partial charge in [-0.2, -0.15) is 0 Å². The average Bonchev–Trinajstić information content (AvgIpc) is 2.56. The van der Waals surface area contributed by atoms with E-state index in [0.717, 1.165) is 0 Å². The summed E-state index contributed by atoms with van der Waals surface area (Å²) in [5.41, 5.74) is 0.369. The Balaban J connectivity index is 2.53. The van der Waals surface area contributed by atoms with Crippen LogP contribution in [0, 0.1) is 5.82 Å². The molecule has 0 saturated carbocycles. The number of aromatic nitrogens is 1. The molecule has 0 saturated heterocycles. The highest BCUT2D eigenvalue weighted by atomic mass is 79.9. The highest BCUT2D eigenvalue weighted by molar-refractivity contribution is 9.10. The Morgan fingerprint density at radius 1 is 1.38 bits per heavy atom. The summed E-state index contributed by atoms with van der Waals surface area (Å²) < 4.78 is 19.0. The number of benzene rings is 1. The Kier molecular flexibility index (Phi) is 2.14. The molecule has 0 aliphatic rings. The first-order chi connectivity index (χ1) is 6.27. The molecule has 0 aliphatic carbocycles. The van der Waals surface area contributed by atoms with Gasteiger partial charge in [-0.25, -0.2) is 9.37 Å². The van der Waals surface area contributed by atoms with Crippen LogP contribution >= 0.6 is 15.9 Å². The molecule has 0 spiro atoms. The predicted octanol–water partition coefficient (Wildman–Crippen LogP) is 3.24. The van der Waals surface area contributed by atoms with E-state index in [1.807, 2.05) is 0 Å². The number of rotatable bonds is 1. The Hall–Kier alpha value is -1.16. The van der Waals surface area contributed by atoms with E-state index in [9.17, 15) is 4.39 Å². The molecule has 0 amide bonds. The molecule has 1 aromatic carbocycles. The van der Waals surface area contributed by atoms with Crippen LogP contribution in [0.1, 0.15) is 0 Å². The van der Waals surface area contributed by atoms with Gasteiger partial charge in [0.15, 0.2) is 0 Å². The maximum absolute atomic E-state index is 13.3. The zero-order chi connectivity index (χ0) is 9.26. The Morgan fingerprint density at radius 3 is 2.85 bits per heavy atom. The first-order valence-electron chi connectivity index (χ1n) is 3.62. The summed E-state index contributed by atoms with van der Waals surface area (Å²) in [6, 6.07) is 4.73. The molecule has 1 aromatic heterocycles. The van der Waals surface area contributed by atoms with Gasteiger partial charge in [-0.05, 0) is 18.2 Å². The molecule has 66 valence electrons. The minimum absolute atomic E-state index is 0.296. The molecule has 0 atom stereocenters. The summed E-state index contributed by atoms with van der Waals surface area (Å²) in [7, 11) is 0. The summed E-state index contributed by atoms with van der Waals surface area (Å²) in [6.07, 6.45) is 2.90. The van der Waals surface area contributed by atoms with Gasteiger partial charge in [-0.1, -0.05) is 15.9 Å². The maximum atomic E-state index is 13.3. The van der Waals surface area contributed by atoms with Crippen molar-refractivity contribution in [1.82, 2.24) is 4.98 Å². The minimum Gasteiger partial charge on any atom is -0.444 e. The van der Waals surface area contributed by atoms with E-state index in [0.29, 0.717) is 15.9 Å². The van der Waals surface area contributed by atoms with E-state index in [1.54, 1.807) is 12.1 Å². The molecule has 2 aromatic rings. The molecule has 0 aliphatic heterocycles. The second kappa shape index (κ2) is 3.30. The molecule has 13 heavy (non-hydrogen) atoms. The molecule has 1 heterocycles. The Bertz CT molecular complexity index is 414. The molecule has 0 N–H and O–H groups in total. The monoisotopic (exact) mass is 241 g/mol. The van der Waals surface area contributed by atoms with E-state index in [4.69, 9.17) is 4.42 Å².